The summed E-state index contributed by atoms with van der Waals surface area (Å²) in [4.78, 5) is 80.7. The van der Waals surface area contributed by atoms with Crippen molar-refractivity contribution in [2.24, 2.45) is 11.3 Å². The molecule has 3 fully saturated rings. The van der Waals surface area contributed by atoms with Crippen molar-refractivity contribution in [2.45, 2.75) is 109 Å². The predicted molar refractivity (Wildman–Crippen MR) is 182 cm³/mol. The Kier molecular flexibility index (Phi) is 10.8. The predicted octanol–water partition coefficient (Wildman–Crippen LogP) is 3.02. The first-order valence-corrected chi connectivity index (χ1v) is 18.0. The van der Waals surface area contributed by atoms with E-state index in [9.17, 15) is 37.2 Å². The summed E-state index contributed by atoms with van der Waals surface area (Å²) in [6.45, 7) is 14.9. The van der Waals surface area contributed by atoms with Gasteiger partial charge in [-0.2, -0.15) is 0 Å². The summed E-state index contributed by atoms with van der Waals surface area (Å²) in [5.41, 5.74) is -2.92. The Morgan fingerprint density at radius 2 is 1.66 bits per heavy atom. The zero-order valence-corrected chi connectivity index (χ0v) is 30.3. The van der Waals surface area contributed by atoms with Gasteiger partial charge in [0.05, 0.1) is 17.5 Å². The number of anilines is 1. The maximum Gasteiger partial charge on any atom is 0.411 e. The summed E-state index contributed by atoms with van der Waals surface area (Å²) in [6, 6.07) is 3.82. The molecule has 274 valence electrons. The molecule has 15 nitrogen and oxygen atoms in total. The Hall–Kier alpha value is -4.47. The number of Topliss-reactive ketones (excluding diaryl/α,β-unsaturated/α-hetero) is 1. The molecule has 1 heterocycles. The quantitative estimate of drug-likeness (QED) is 0.194. The van der Waals surface area contributed by atoms with Crippen LogP contribution in [0.4, 0.5) is 15.3 Å². The van der Waals surface area contributed by atoms with Gasteiger partial charge in [0.1, 0.15) is 29.3 Å². The third-order valence-electron chi connectivity index (χ3n) is 8.69. The van der Waals surface area contributed by atoms with E-state index in [4.69, 9.17) is 9.47 Å². The van der Waals surface area contributed by atoms with E-state index in [1.54, 1.807) is 53.7 Å². The van der Waals surface area contributed by atoms with Gasteiger partial charge in [0, 0.05) is 17.9 Å². The van der Waals surface area contributed by atoms with Crippen molar-refractivity contribution in [1.29, 1.82) is 0 Å². The van der Waals surface area contributed by atoms with E-state index in [2.05, 4.69) is 27.3 Å². The van der Waals surface area contributed by atoms with Crippen molar-refractivity contribution < 1.29 is 46.7 Å². The molecule has 1 aliphatic heterocycles. The number of likely N-dealkylation sites (tertiary alicyclic amines) is 1. The van der Waals surface area contributed by atoms with Gasteiger partial charge in [0.15, 0.2) is 5.78 Å². The highest BCUT2D eigenvalue weighted by atomic mass is 32.2. The van der Waals surface area contributed by atoms with Crippen LogP contribution in [0.25, 0.3) is 0 Å². The molecule has 0 bridgehead atoms. The molecule has 1 aromatic rings. The number of sulfonamides is 1. The number of rotatable bonds is 11. The number of nitrogens with one attached hydrogen (secondary N) is 4. The van der Waals surface area contributed by atoms with Crippen molar-refractivity contribution in [1.82, 2.24) is 20.3 Å². The van der Waals surface area contributed by atoms with Crippen LogP contribution in [-0.4, -0.2) is 90.1 Å². The summed E-state index contributed by atoms with van der Waals surface area (Å²) in [5.74, 6) is -3.25. The van der Waals surface area contributed by atoms with E-state index in [0.29, 0.717) is 12.8 Å². The molecule has 4 N–H and O–H groups in total. The molecule has 4 rings (SSSR count). The number of alkyl carbamates (subject to hydrolysis) is 1. The Bertz CT molecular complexity index is 1680. The number of carbonyl (C=O) groups is 6. The Morgan fingerprint density at radius 3 is 2.20 bits per heavy atom. The fourth-order valence-corrected chi connectivity index (χ4v) is 7.19. The van der Waals surface area contributed by atoms with Gasteiger partial charge < -0.3 is 25.0 Å². The van der Waals surface area contributed by atoms with Crippen LogP contribution in [-0.2, 0) is 33.9 Å². The lowest BCUT2D eigenvalue weighted by molar-refractivity contribution is -0.143. The number of ether oxygens (including phenoxy) is 2. The Labute approximate surface area is 292 Å². The van der Waals surface area contributed by atoms with E-state index < -0.39 is 85.8 Å². The molecule has 2 unspecified atom stereocenters. The van der Waals surface area contributed by atoms with Gasteiger partial charge in [-0.05, 0) is 64.5 Å². The number of hydrogen-bond acceptors (Lipinski definition) is 10. The summed E-state index contributed by atoms with van der Waals surface area (Å²) < 4.78 is 38.3. The van der Waals surface area contributed by atoms with Crippen molar-refractivity contribution in [3.8, 4) is 0 Å². The lowest BCUT2D eigenvalue weighted by Gasteiger charge is -2.36. The number of amides is 5. The lowest BCUT2D eigenvalue weighted by atomic mass is 9.85. The highest BCUT2D eigenvalue weighted by molar-refractivity contribution is 7.91. The maximum atomic E-state index is 14.3. The minimum absolute atomic E-state index is 0.0810. The molecule has 0 aromatic heterocycles. The second kappa shape index (κ2) is 14.0. The fraction of sp³-hybridized carbons (Fsp3) is 0.588. The summed E-state index contributed by atoms with van der Waals surface area (Å²) >= 11 is 0. The standard InChI is InChI=1S/C34H47N5O10S/c1-9-20-17-34(20,29(43)38-50(46,47)22-14-15-22)37-27(41)25-16-21(48-30(44)35-24-13-11-10-12-23(24)19(2)40)18-39(25)28(42)26(32(3,4)5)36-31(45)49-33(6,7)8/h9-13,20-22,25-26H,1,14-18H2,2-8H3,(H,35,44)(H,36,45)(H,37,41)(H,38,43)/t20?,21-,25+,26-,34?/m1/s1. The van der Waals surface area contributed by atoms with Gasteiger partial charge in [-0.25, -0.2) is 18.0 Å². The van der Waals surface area contributed by atoms with Crippen LogP contribution < -0.4 is 20.7 Å². The lowest BCUT2D eigenvalue weighted by Crippen LogP contribution is -2.60. The molecule has 5 atom stereocenters. The van der Waals surface area contributed by atoms with Gasteiger partial charge in [0.2, 0.25) is 21.8 Å². The first-order chi connectivity index (χ1) is 23.1. The first-order valence-electron chi connectivity index (χ1n) is 16.5. The first kappa shape index (κ1) is 38.3. The zero-order valence-electron chi connectivity index (χ0n) is 29.5. The summed E-state index contributed by atoms with van der Waals surface area (Å²) in [5, 5.41) is 7.14. The molecule has 1 saturated heterocycles. The van der Waals surface area contributed by atoms with Gasteiger partial charge in [-0.3, -0.25) is 29.2 Å². The molecule has 3 aliphatic rings. The van der Waals surface area contributed by atoms with Crippen molar-refractivity contribution in [2.75, 3.05) is 11.9 Å². The second-order valence-corrected chi connectivity index (χ2v) is 17.1. The van der Waals surface area contributed by atoms with E-state index in [-0.39, 0.29) is 36.4 Å². The highest BCUT2D eigenvalue weighted by Crippen LogP contribution is 2.45. The normalized spacial score (nSPS) is 23.9. The van der Waals surface area contributed by atoms with Crippen LogP contribution >= 0.6 is 0 Å². The fourth-order valence-electron chi connectivity index (χ4n) is 5.82. The topological polar surface area (TPSA) is 206 Å². The molecule has 5 amide bonds. The molecular weight excluding hydrogens is 670 g/mol. The number of para-hydroxylation sites is 1. The smallest absolute Gasteiger partial charge is 0.411 e. The van der Waals surface area contributed by atoms with Crippen LogP contribution in [0.2, 0.25) is 0 Å². The van der Waals surface area contributed by atoms with Crippen molar-refractivity contribution in [3.63, 3.8) is 0 Å². The average molecular weight is 718 g/mol. The van der Waals surface area contributed by atoms with Gasteiger partial charge in [-0.15, -0.1) is 6.58 Å². The van der Waals surface area contributed by atoms with Gasteiger partial charge >= 0.3 is 12.2 Å². The number of carbonyl (C=O) groups excluding carboxylic acids is 6. The third kappa shape index (κ3) is 9.00. The molecule has 0 radical (unpaired) electrons. The molecule has 2 saturated carbocycles. The highest BCUT2D eigenvalue weighted by Gasteiger charge is 2.62. The number of nitrogens with zero attached hydrogens (tertiary/aromatic N) is 1. The minimum Gasteiger partial charge on any atom is -0.444 e. The third-order valence-corrected chi connectivity index (χ3v) is 10.5. The van der Waals surface area contributed by atoms with Crippen LogP contribution in [0, 0.1) is 11.3 Å². The van der Waals surface area contributed by atoms with Crippen LogP contribution in [0.1, 0.15) is 84.5 Å². The van der Waals surface area contributed by atoms with Gasteiger partial charge in [0.25, 0.3) is 5.91 Å². The van der Waals surface area contributed by atoms with Crippen molar-refractivity contribution in [3.05, 3.63) is 42.5 Å². The number of hydrogen-bond donors (Lipinski definition) is 4. The second-order valence-electron chi connectivity index (χ2n) is 15.1. The number of benzene rings is 1. The minimum atomic E-state index is -3.94. The molecule has 1 aromatic carbocycles. The van der Waals surface area contributed by atoms with Crippen LogP contribution in [0.3, 0.4) is 0 Å². The van der Waals surface area contributed by atoms with Crippen molar-refractivity contribution >= 4 is 51.4 Å². The average Bonchev–Trinajstić information content (AvgIpc) is 3.91. The van der Waals surface area contributed by atoms with E-state index in [0.717, 1.165) is 0 Å². The molecular formula is C34H47N5O10S. The largest absolute Gasteiger partial charge is 0.444 e. The van der Waals surface area contributed by atoms with Crippen LogP contribution in [0.15, 0.2) is 36.9 Å². The number of ketones is 1. The van der Waals surface area contributed by atoms with E-state index >= 15 is 0 Å². The molecule has 16 heteroatoms. The monoisotopic (exact) mass is 717 g/mol. The Balaban J connectivity index is 1.60. The van der Waals surface area contributed by atoms with E-state index in [1.165, 1.54) is 30.0 Å². The van der Waals surface area contributed by atoms with Crippen LogP contribution in [0.5, 0.6) is 0 Å². The SMILES string of the molecule is C=CC1CC1(NC(=O)[C@@H]1C[C@@H](OC(=O)Nc2ccccc2C(C)=O)CN1C(=O)[C@@H](NC(=O)OC(C)(C)C)C(C)(C)C)C(=O)NS(=O)(=O)C1CC1. The molecule has 50 heavy (non-hydrogen) atoms. The zero-order chi connectivity index (χ0) is 37.4. The van der Waals surface area contributed by atoms with Gasteiger partial charge in [-0.1, -0.05) is 39.0 Å². The Morgan fingerprint density at radius 1 is 1.02 bits per heavy atom. The van der Waals surface area contributed by atoms with E-state index in [1.807, 2.05) is 0 Å². The molecule has 0 spiro atoms. The molecule has 2 aliphatic carbocycles. The summed E-state index contributed by atoms with van der Waals surface area (Å²) in [7, 11) is -3.94. The maximum absolute atomic E-state index is 14.3. The summed E-state index contributed by atoms with van der Waals surface area (Å²) in [6.07, 6.45) is -0.654.